The van der Waals surface area contributed by atoms with Crippen molar-refractivity contribution < 1.29 is 0 Å². The molecule has 1 nitrogen and oxygen atoms in total. The Bertz CT molecular complexity index is 374. The zero-order chi connectivity index (χ0) is 13.1. The van der Waals surface area contributed by atoms with Crippen molar-refractivity contribution in [2.75, 3.05) is 0 Å². The quantitative estimate of drug-likeness (QED) is 0.802. The maximum atomic E-state index is 6.38. The van der Waals surface area contributed by atoms with E-state index in [1.54, 1.807) is 0 Å². The van der Waals surface area contributed by atoms with Crippen LogP contribution in [0.2, 0.25) is 5.02 Å². The molecule has 0 aliphatic carbocycles. The summed E-state index contributed by atoms with van der Waals surface area (Å²) in [7, 11) is 0. The van der Waals surface area contributed by atoms with Gasteiger partial charge in [0.15, 0.2) is 0 Å². The molecule has 0 spiro atoms. The standard InChI is InChI=1S/C14H21BrClN/c1-10(2)5-4-8-14(3,17)12-7-6-11(15)9-13(12)16/h6-7,9-10H,4-5,8,17H2,1-3H3. The lowest BCUT2D eigenvalue weighted by atomic mass is 9.87. The zero-order valence-corrected chi connectivity index (χ0v) is 13.1. The van der Waals surface area contributed by atoms with E-state index in [1.165, 1.54) is 6.42 Å². The van der Waals surface area contributed by atoms with Crippen LogP contribution in [0.5, 0.6) is 0 Å². The highest BCUT2D eigenvalue weighted by Gasteiger charge is 2.23. The fourth-order valence-electron chi connectivity index (χ4n) is 1.96. The first-order valence-electron chi connectivity index (χ1n) is 6.07. The zero-order valence-electron chi connectivity index (χ0n) is 10.8. The fourth-order valence-corrected chi connectivity index (χ4v) is 2.85. The molecule has 0 aliphatic heterocycles. The summed E-state index contributed by atoms with van der Waals surface area (Å²) in [6, 6.07) is 5.92. The van der Waals surface area contributed by atoms with Gasteiger partial charge in [0.1, 0.15) is 0 Å². The van der Waals surface area contributed by atoms with Gasteiger partial charge in [-0.2, -0.15) is 0 Å². The van der Waals surface area contributed by atoms with Crippen LogP contribution in [0.15, 0.2) is 22.7 Å². The summed E-state index contributed by atoms with van der Waals surface area (Å²) in [6.45, 7) is 6.53. The van der Waals surface area contributed by atoms with Gasteiger partial charge in [0, 0.05) is 15.0 Å². The largest absolute Gasteiger partial charge is 0.322 e. The second-order valence-electron chi connectivity index (χ2n) is 5.33. The summed E-state index contributed by atoms with van der Waals surface area (Å²) in [6.07, 6.45) is 3.31. The van der Waals surface area contributed by atoms with Gasteiger partial charge < -0.3 is 5.73 Å². The highest BCUT2D eigenvalue weighted by Crippen LogP contribution is 2.32. The van der Waals surface area contributed by atoms with E-state index >= 15 is 0 Å². The van der Waals surface area contributed by atoms with Crippen LogP contribution in [-0.2, 0) is 5.54 Å². The third kappa shape index (κ3) is 4.61. The topological polar surface area (TPSA) is 26.0 Å². The van der Waals surface area contributed by atoms with Gasteiger partial charge in [-0.25, -0.2) is 0 Å². The molecule has 2 N–H and O–H groups in total. The van der Waals surface area contributed by atoms with E-state index in [0.29, 0.717) is 0 Å². The molecule has 0 saturated carbocycles. The van der Waals surface area contributed by atoms with Crippen LogP contribution in [-0.4, -0.2) is 0 Å². The van der Waals surface area contributed by atoms with E-state index in [-0.39, 0.29) is 5.54 Å². The summed E-state index contributed by atoms with van der Waals surface area (Å²) >= 11 is 9.65. The first kappa shape index (κ1) is 15.0. The molecular weight excluding hydrogens is 298 g/mol. The van der Waals surface area contributed by atoms with Crippen molar-refractivity contribution in [2.24, 2.45) is 11.7 Å². The highest BCUT2D eigenvalue weighted by molar-refractivity contribution is 9.10. The van der Waals surface area contributed by atoms with E-state index in [1.807, 2.05) is 18.2 Å². The minimum Gasteiger partial charge on any atom is -0.322 e. The Kier molecular flexibility index (Phi) is 5.49. The predicted molar refractivity (Wildman–Crippen MR) is 79.4 cm³/mol. The summed E-state index contributed by atoms with van der Waals surface area (Å²) < 4.78 is 0.990. The number of halogens is 2. The molecule has 96 valence electrons. The van der Waals surface area contributed by atoms with E-state index in [4.69, 9.17) is 17.3 Å². The number of nitrogens with two attached hydrogens (primary N) is 1. The van der Waals surface area contributed by atoms with Gasteiger partial charge in [-0.1, -0.05) is 60.3 Å². The number of hydrogen-bond donors (Lipinski definition) is 1. The lowest BCUT2D eigenvalue weighted by Gasteiger charge is -2.27. The molecule has 0 aromatic heterocycles. The normalized spacial score (nSPS) is 15.0. The third-order valence-electron chi connectivity index (χ3n) is 3.02. The van der Waals surface area contributed by atoms with Gasteiger partial charge in [0.25, 0.3) is 0 Å². The molecule has 17 heavy (non-hydrogen) atoms. The fraction of sp³-hybridized carbons (Fsp3) is 0.571. The maximum absolute atomic E-state index is 6.38. The van der Waals surface area contributed by atoms with E-state index in [9.17, 15) is 0 Å². The van der Waals surface area contributed by atoms with Crippen LogP contribution in [0.4, 0.5) is 0 Å². The van der Waals surface area contributed by atoms with Gasteiger partial charge in [-0.05, 0) is 37.0 Å². The SMILES string of the molecule is CC(C)CCCC(C)(N)c1ccc(Br)cc1Cl. The van der Waals surface area contributed by atoms with Crippen molar-refractivity contribution >= 4 is 27.5 Å². The van der Waals surface area contributed by atoms with Crippen LogP contribution < -0.4 is 5.73 Å². The van der Waals surface area contributed by atoms with Gasteiger partial charge in [-0.15, -0.1) is 0 Å². The van der Waals surface area contributed by atoms with Crippen molar-refractivity contribution in [3.05, 3.63) is 33.3 Å². The average molecular weight is 319 g/mol. The molecular formula is C14H21BrClN. The number of rotatable bonds is 5. The van der Waals surface area contributed by atoms with Crippen LogP contribution in [0.3, 0.4) is 0 Å². The van der Waals surface area contributed by atoms with Gasteiger partial charge in [0.05, 0.1) is 0 Å². The Morgan fingerprint density at radius 3 is 2.59 bits per heavy atom. The predicted octanol–water partition coefficient (Wildman–Crippen LogP) is 5.10. The van der Waals surface area contributed by atoms with Crippen molar-refractivity contribution in [1.82, 2.24) is 0 Å². The number of hydrogen-bond acceptors (Lipinski definition) is 1. The maximum Gasteiger partial charge on any atom is 0.0467 e. The Morgan fingerprint density at radius 1 is 1.41 bits per heavy atom. The molecule has 1 aromatic rings. The number of benzene rings is 1. The molecule has 0 aliphatic rings. The summed E-state index contributed by atoms with van der Waals surface area (Å²) in [4.78, 5) is 0. The minimum absolute atomic E-state index is 0.341. The molecule has 0 bridgehead atoms. The monoisotopic (exact) mass is 317 g/mol. The molecule has 0 radical (unpaired) electrons. The Labute approximate surface area is 118 Å². The van der Waals surface area contributed by atoms with E-state index in [0.717, 1.165) is 33.8 Å². The van der Waals surface area contributed by atoms with Crippen LogP contribution >= 0.6 is 27.5 Å². The smallest absolute Gasteiger partial charge is 0.0467 e. The summed E-state index contributed by atoms with van der Waals surface area (Å²) in [5.41, 5.74) is 7.07. The molecule has 0 amide bonds. The Balaban J connectivity index is 2.74. The van der Waals surface area contributed by atoms with E-state index in [2.05, 4.69) is 36.7 Å². The summed E-state index contributed by atoms with van der Waals surface area (Å²) in [5.74, 6) is 0.728. The Morgan fingerprint density at radius 2 is 2.06 bits per heavy atom. The van der Waals surface area contributed by atoms with Crippen LogP contribution in [0.25, 0.3) is 0 Å². The van der Waals surface area contributed by atoms with Crippen LogP contribution in [0.1, 0.15) is 45.6 Å². The lowest BCUT2D eigenvalue weighted by Crippen LogP contribution is -2.33. The van der Waals surface area contributed by atoms with Gasteiger partial charge >= 0.3 is 0 Å². The molecule has 0 heterocycles. The molecule has 0 saturated heterocycles. The van der Waals surface area contributed by atoms with E-state index < -0.39 is 0 Å². The highest BCUT2D eigenvalue weighted by atomic mass is 79.9. The molecule has 0 fully saturated rings. The van der Waals surface area contributed by atoms with Gasteiger partial charge in [-0.3, -0.25) is 0 Å². The van der Waals surface area contributed by atoms with Crippen molar-refractivity contribution in [1.29, 1.82) is 0 Å². The minimum atomic E-state index is -0.341. The second kappa shape index (κ2) is 6.21. The second-order valence-corrected chi connectivity index (χ2v) is 6.65. The lowest BCUT2D eigenvalue weighted by molar-refractivity contribution is 0.406. The van der Waals surface area contributed by atoms with Crippen LogP contribution in [0, 0.1) is 5.92 Å². The van der Waals surface area contributed by atoms with Gasteiger partial charge in [0.2, 0.25) is 0 Å². The van der Waals surface area contributed by atoms with Crippen molar-refractivity contribution in [2.45, 2.75) is 45.6 Å². The van der Waals surface area contributed by atoms with Crippen molar-refractivity contribution in [3.63, 3.8) is 0 Å². The molecule has 3 heteroatoms. The molecule has 1 aromatic carbocycles. The molecule has 1 unspecified atom stereocenters. The third-order valence-corrected chi connectivity index (χ3v) is 3.83. The van der Waals surface area contributed by atoms with Crippen molar-refractivity contribution in [3.8, 4) is 0 Å². The first-order chi connectivity index (χ1) is 7.83. The molecule has 1 rings (SSSR count). The first-order valence-corrected chi connectivity index (χ1v) is 7.24. The molecule has 1 atom stereocenters. The average Bonchev–Trinajstić information content (AvgIpc) is 2.15. The summed E-state index contributed by atoms with van der Waals surface area (Å²) in [5, 5.41) is 0.744. The Hall–Kier alpha value is -0.0500.